The van der Waals surface area contributed by atoms with Crippen LogP contribution < -0.4 is 14.8 Å². The average molecular weight is 1010 g/mol. The molecule has 394 valence electrons. The van der Waals surface area contributed by atoms with Gasteiger partial charge in [0.1, 0.15) is 30.8 Å². The number of benzene rings is 4. The van der Waals surface area contributed by atoms with Gasteiger partial charge < -0.3 is 44.3 Å². The molecule has 15 heteroatoms. The fourth-order valence-corrected chi connectivity index (χ4v) is 8.40. The van der Waals surface area contributed by atoms with Crippen LogP contribution in [-0.2, 0) is 38.7 Å². The van der Waals surface area contributed by atoms with Crippen molar-refractivity contribution < 1.29 is 56.4 Å². The molecule has 0 bridgehead atoms. The van der Waals surface area contributed by atoms with Gasteiger partial charge in [-0.1, -0.05) is 86.3 Å². The Morgan fingerprint density at radius 2 is 1.13 bits per heavy atom. The Morgan fingerprint density at radius 3 is 1.46 bits per heavy atom. The normalized spacial score (nSPS) is 14.6. The van der Waals surface area contributed by atoms with Gasteiger partial charge in [0.2, 0.25) is 5.91 Å². The van der Waals surface area contributed by atoms with Gasteiger partial charge in [-0.25, -0.2) is 0 Å². The lowest BCUT2D eigenvalue weighted by atomic mass is 9.68. The van der Waals surface area contributed by atoms with E-state index in [9.17, 15) is 23.4 Å². The number of hydrogen-bond acceptors (Lipinski definition) is 13. The minimum Gasteiger partial charge on any atom is -0.491 e. The van der Waals surface area contributed by atoms with E-state index >= 15 is 0 Å². The molecule has 2 unspecified atom stereocenters. The number of aliphatic hydroxyl groups is 3. The average Bonchev–Trinajstić information content (AvgIpc) is 4.13. The lowest BCUT2D eigenvalue weighted by Gasteiger charge is -2.34. The van der Waals surface area contributed by atoms with Crippen LogP contribution >= 0.6 is 0 Å². The number of nitrogens with zero attached hydrogens (tertiary/aromatic N) is 1. The summed E-state index contributed by atoms with van der Waals surface area (Å²) in [6.07, 6.45) is 1.67. The van der Waals surface area contributed by atoms with Crippen LogP contribution in [0, 0.1) is 0 Å². The number of carbonyl (C=O) groups excluding carboxylic acids is 1. The van der Waals surface area contributed by atoms with Crippen molar-refractivity contribution in [3.8, 4) is 22.6 Å². The van der Waals surface area contributed by atoms with E-state index in [0.717, 1.165) is 17.4 Å². The smallest absolute Gasteiger partial charge is 0.264 e. The second-order valence-corrected chi connectivity index (χ2v) is 21.8. The zero-order valence-electron chi connectivity index (χ0n) is 44.0. The summed E-state index contributed by atoms with van der Waals surface area (Å²) < 4.78 is 53.3. The van der Waals surface area contributed by atoms with Gasteiger partial charge in [0.25, 0.3) is 10.1 Å². The summed E-state index contributed by atoms with van der Waals surface area (Å²) in [5, 5.41) is 31.8. The molecule has 1 fully saturated rings. The first-order valence-electron chi connectivity index (χ1n) is 24.3. The summed E-state index contributed by atoms with van der Waals surface area (Å²) in [5.74, 6) is 1.25. The molecule has 1 heterocycles. The van der Waals surface area contributed by atoms with Crippen LogP contribution in [0.15, 0.2) is 110 Å². The van der Waals surface area contributed by atoms with Crippen LogP contribution in [0.5, 0.6) is 11.5 Å². The number of ether oxygens (including phenoxy) is 5. The standard InChI is InChI=1S/C38H44O8.C7H13NO.C6H13N.C5H12O3S/c1-2-30(40)26-45-32-15-11-28(12-16-32)38(36-9-5-3-7-34(36)35-8-4-6-10-37(35)38)29-13-17-33(18-14-29)46-27-31(41)25-44-24-23-43-22-21-42-20-19-39;1-5-6(9)8-7(2,3)4;1-6(2,3)7-4-5-7;1-5(2,3)8-9(4,6)7/h3-18,30-31,39-41H,2,19-27H2,1H3;5H,1H2,2-4H3,(H,8,9);4-5H2,1-3H3;1-4H3. The molecular formula is C56H82N2O12S. The molecule has 1 amide bonds. The topological polar surface area (TPSA) is 182 Å². The molecule has 14 nitrogen and oxygen atoms in total. The molecule has 71 heavy (non-hydrogen) atoms. The van der Waals surface area contributed by atoms with Crippen LogP contribution in [0.25, 0.3) is 11.1 Å². The van der Waals surface area contributed by atoms with Gasteiger partial charge in [0.05, 0.1) is 69.6 Å². The van der Waals surface area contributed by atoms with Crippen molar-refractivity contribution in [1.29, 1.82) is 0 Å². The minimum absolute atomic E-state index is 0.00547. The SMILES string of the molecule is C=CC(=O)NC(C)(C)C.CC(C)(C)N1CC1.CC(C)(C)OS(C)(=O)=O.CCC(O)COc1ccc(C2(c3ccc(OCC(O)COCCOCCOCCO)cc3)c3ccccc3-c3ccccc32)cc1. The second-order valence-electron chi connectivity index (χ2n) is 20.3. The summed E-state index contributed by atoms with van der Waals surface area (Å²) in [7, 11) is -3.28. The van der Waals surface area contributed by atoms with Crippen molar-refractivity contribution >= 4 is 16.0 Å². The number of hydrogen-bond donors (Lipinski definition) is 4. The van der Waals surface area contributed by atoms with E-state index in [1.165, 1.54) is 41.4 Å². The lowest BCUT2D eigenvalue weighted by Crippen LogP contribution is -2.39. The van der Waals surface area contributed by atoms with Crippen LogP contribution in [-0.4, -0.2) is 142 Å². The molecular weight excluding hydrogens is 925 g/mol. The van der Waals surface area contributed by atoms with E-state index < -0.39 is 33.3 Å². The van der Waals surface area contributed by atoms with E-state index in [4.69, 9.17) is 28.8 Å². The second kappa shape index (κ2) is 28.5. The summed E-state index contributed by atoms with van der Waals surface area (Å²) in [6.45, 7) is 27.8. The number of amides is 1. The van der Waals surface area contributed by atoms with Crippen molar-refractivity contribution in [2.75, 3.05) is 78.8 Å². The minimum atomic E-state index is -3.28. The number of rotatable bonds is 21. The molecule has 0 radical (unpaired) electrons. The van der Waals surface area contributed by atoms with Gasteiger partial charge in [-0.15, -0.1) is 0 Å². The fraction of sp³-hybridized carbons (Fsp3) is 0.518. The summed E-state index contributed by atoms with van der Waals surface area (Å²) in [6, 6.07) is 33.4. The number of fused-ring (bicyclic) bond motifs is 3. The Morgan fingerprint density at radius 1 is 0.690 bits per heavy atom. The molecule has 1 saturated heterocycles. The summed E-state index contributed by atoms with van der Waals surface area (Å²) >= 11 is 0. The van der Waals surface area contributed by atoms with E-state index in [-0.39, 0.29) is 37.9 Å². The van der Waals surface area contributed by atoms with Gasteiger partial charge in [0, 0.05) is 24.2 Å². The molecule has 6 rings (SSSR count). The zero-order chi connectivity index (χ0) is 52.9. The largest absolute Gasteiger partial charge is 0.491 e. The first-order valence-corrected chi connectivity index (χ1v) is 26.1. The predicted octanol–water partition coefficient (Wildman–Crippen LogP) is 7.93. The van der Waals surface area contributed by atoms with Gasteiger partial charge in [-0.05, 0) is 132 Å². The maximum atomic E-state index is 10.6. The Balaban J connectivity index is 0.000000432. The van der Waals surface area contributed by atoms with Crippen molar-refractivity contribution in [1.82, 2.24) is 10.2 Å². The van der Waals surface area contributed by atoms with Crippen molar-refractivity contribution in [3.63, 3.8) is 0 Å². The highest BCUT2D eigenvalue weighted by molar-refractivity contribution is 7.86. The monoisotopic (exact) mass is 1010 g/mol. The van der Waals surface area contributed by atoms with Crippen molar-refractivity contribution in [2.24, 2.45) is 0 Å². The molecule has 0 aromatic heterocycles. The van der Waals surface area contributed by atoms with Gasteiger partial charge >= 0.3 is 0 Å². The molecule has 1 aliphatic heterocycles. The molecule has 4 aromatic rings. The fourth-order valence-electron chi connectivity index (χ4n) is 7.50. The molecule has 4 N–H and O–H groups in total. The molecule has 2 atom stereocenters. The van der Waals surface area contributed by atoms with E-state index in [2.05, 4.69) is 115 Å². The zero-order valence-corrected chi connectivity index (χ0v) is 44.8. The third-order valence-corrected chi connectivity index (χ3v) is 11.5. The Hall–Kier alpha value is -4.68. The van der Waals surface area contributed by atoms with E-state index in [0.29, 0.717) is 56.5 Å². The third kappa shape index (κ3) is 21.5. The highest BCUT2D eigenvalue weighted by atomic mass is 32.2. The maximum absolute atomic E-state index is 10.6. The molecule has 0 spiro atoms. The van der Waals surface area contributed by atoms with E-state index in [1.807, 2.05) is 52.0 Å². The van der Waals surface area contributed by atoms with Crippen LogP contribution in [0.1, 0.15) is 97.9 Å². The third-order valence-electron chi connectivity index (χ3n) is 10.7. The molecule has 1 aliphatic carbocycles. The molecule has 4 aromatic carbocycles. The Bertz CT molecular complexity index is 2250. The summed E-state index contributed by atoms with van der Waals surface area (Å²) in [5.41, 5.74) is 6.14. The maximum Gasteiger partial charge on any atom is 0.264 e. The predicted molar refractivity (Wildman–Crippen MR) is 282 cm³/mol. The first-order chi connectivity index (χ1) is 33.3. The van der Waals surface area contributed by atoms with Gasteiger partial charge in [-0.3, -0.25) is 13.9 Å². The quantitative estimate of drug-likeness (QED) is 0.0241. The lowest BCUT2D eigenvalue weighted by molar-refractivity contribution is -0.117. The van der Waals surface area contributed by atoms with E-state index in [1.54, 1.807) is 20.8 Å². The van der Waals surface area contributed by atoms with Crippen LogP contribution in [0.4, 0.5) is 0 Å². The van der Waals surface area contributed by atoms with Gasteiger partial charge in [0.15, 0.2) is 0 Å². The number of carbonyl (C=O) groups is 1. The van der Waals surface area contributed by atoms with Crippen molar-refractivity contribution in [3.05, 3.63) is 132 Å². The highest BCUT2D eigenvalue weighted by Gasteiger charge is 2.46. The van der Waals surface area contributed by atoms with Crippen LogP contribution in [0.3, 0.4) is 0 Å². The van der Waals surface area contributed by atoms with Gasteiger partial charge in [-0.2, -0.15) is 8.42 Å². The molecule has 2 aliphatic rings. The first kappa shape index (κ1) is 60.6. The Kier molecular flexibility index (Phi) is 24.4. The highest BCUT2D eigenvalue weighted by Crippen LogP contribution is 2.56. The summed E-state index contributed by atoms with van der Waals surface area (Å²) in [4.78, 5) is 13.0. The molecule has 0 saturated carbocycles. The number of nitrogens with one attached hydrogen (secondary N) is 1. The van der Waals surface area contributed by atoms with Crippen LogP contribution in [0.2, 0.25) is 0 Å². The Labute approximate surface area is 424 Å². The van der Waals surface area contributed by atoms with Crippen molar-refractivity contribution in [2.45, 2.75) is 110 Å². The number of aliphatic hydroxyl groups excluding tert-OH is 3.